The van der Waals surface area contributed by atoms with E-state index in [4.69, 9.17) is 4.74 Å². The summed E-state index contributed by atoms with van der Waals surface area (Å²) in [5.74, 6) is 0.419. The summed E-state index contributed by atoms with van der Waals surface area (Å²) < 4.78 is 5.48. The van der Waals surface area contributed by atoms with E-state index >= 15 is 0 Å². The molecule has 27 heavy (non-hydrogen) atoms. The number of Topliss-reactive ketones (excluding diaryl/α,β-unsaturated/α-hetero) is 1. The predicted molar refractivity (Wildman–Crippen MR) is 102 cm³/mol. The summed E-state index contributed by atoms with van der Waals surface area (Å²) in [5, 5.41) is 10.8. The molecule has 146 valence electrons. The number of aliphatic hydroxyl groups is 1. The van der Waals surface area contributed by atoms with Gasteiger partial charge >= 0.3 is 5.97 Å². The number of carbonyl (C=O) groups excluding carboxylic acids is 2. The average Bonchev–Trinajstić information content (AvgIpc) is 2.62. The fourth-order valence-corrected chi connectivity index (χ4v) is 6.06. The van der Waals surface area contributed by atoms with Crippen LogP contribution in [0.5, 0.6) is 0 Å². The lowest BCUT2D eigenvalue weighted by atomic mass is 9.48. The first kappa shape index (κ1) is 18.7. The van der Waals surface area contributed by atoms with Crippen molar-refractivity contribution in [3.63, 3.8) is 0 Å². The van der Waals surface area contributed by atoms with E-state index < -0.39 is 11.0 Å². The number of ketones is 1. The molecule has 0 spiro atoms. The Morgan fingerprint density at radius 3 is 2.37 bits per heavy atom. The van der Waals surface area contributed by atoms with Crippen LogP contribution in [-0.2, 0) is 16.0 Å². The first-order chi connectivity index (χ1) is 12.9. The fourth-order valence-electron chi connectivity index (χ4n) is 6.06. The van der Waals surface area contributed by atoms with E-state index in [1.54, 1.807) is 0 Å². The lowest BCUT2D eigenvalue weighted by molar-refractivity contribution is -0.195. The van der Waals surface area contributed by atoms with Crippen LogP contribution in [0.2, 0.25) is 0 Å². The smallest absolute Gasteiger partial charge is 0.312 e. The third-order valence-electron chi connectivity index (χ3n) is 6.89. The topological polar surface area (TPSA) is 63.6 Å². The molecule has 4 atom stereocenters. The molecule has 4 bridgehead atoms. The third kappa shape index (κ3) is 3.69. The van der Waals surface area contributed by atoms with Crippen LogP contribution in [0.25, 0.3) is 0 Å². The summed E-state index contributed by atoms with van der Waals surface area (Å²) >= 11 is 0. The minimum atomic E-state index is -0.693. The summed E-state index contributed by atoms with van der Waals surface area (Å²) in [6.07, 6.45) is 8.21. The Morgan fingerprint density at radius 1 is 1.11 bits per heavy atom. The number of benzene rings is 1. The molecule has 4 nitrogen and oxygen atoms in total. The van der Waals surface area contributed by atoms with Crippen LogP contribution < -0.4 is 0 Å². The Labute approximate surface area is 161 Å². The Hall–Kier alpha value is -1.68. The number of esters is 1. The van der Waals surface area contributed by atoms with Gasteiger partial charge in [-0.25, -0.2) is 0 Å². The second kappa shape index (κ2) is 7.05. The van der Waals surface area contributed by atoms with Gasteiger partial charge in [0.05, 0.1) is 11.0 Å². The number of unbranched alkanes of at least 4 members (excludes halogenated alkanes) is 1. The minimum Gasteiger partial charge on any atom is -0.457 e. The molecule has 0 radical (unpaired) electrons. The number of hydrogen-bond donors (Lipinski definition) is 1. The van der Waals surface area contributed by atoms with Gasteiger partial charge in [-0.2, -0.15) is 0 Å². The monoisotopic (exact) mass is 370 g/mol. The standard InChI is InChI=1S/C23H30O4/c1-2-3-4-16-5-7-19(8-6-16)20(24)14-27-21(25)22-10-17-9-18(11-22)13-23(26,12-17)15-22/h5-8,17-18,26H,2-4,9-15H2,1H3/t17-,18+,22?,23?. The zero-order valence-electron chi connectivity index (χ0n) is 16.2. The Kier molecular flexibility index (Phi) is 4.87. The summed E-state index contributed by atoms with van der Waals surface area (Å²) in [6.45, 7) is 1.96. The highest BCUT2D eigenvalue weighted by atomic mass is 16.5. The lowest BCUT2D eigenvalue weighted by Crippen LogP contribution is -2.58. The maximum Gasteiger partial charge on any atom is 0.312 e. The fraction of sp³-hybridized carbons (Fsp3) is 0.652. The van der Waals surface area contributed by atoms with Crippen molar-refractivity contribution in [2.24, 2.45) is 17.3 Å². The van der Waals surface area contributed by atoms with Gasteiger partial charge in [-0.05, 0) is 68.8 Å². The molecule has 5 rings (SSSR count). The molecule has 1 aromatic rings. The van der Waals surface area contributed by atoms with Crippen LogP contribution in [0.15, 0.2) is 24.3 Å². The highest BCUT2D eigenvalue weighted by molar-refractivity contribution is 5.98. The van der Waals surface area contributed by atoms with Gasteiger partial charge in [0.1, 0.15) is 0 Å². The molecule has 0 amide bonds. The van der Waals surface area contributed by atoms with E-state index in [1.807, 2.05) is 24.3 Å². The minimum absolute atomic E-state index is 0.158. The number of aryl methyl sites for hydroxylation is 1. The molecular weight excluding hydrogens is 340 g/mol. The van der Waals surface area contributed by atoms with Crippen molar-refractivity contribution in [1.82, 2.24) is 0 Å². The maximum atomic E-state index is 12.9. The van der Waals surface area contributed by atoms with Crippen molar-refractivity contribution >= 4 is 11.8 Å². The third-order valence-corrected chi connectivity index (χ3v) is 6.89. The Morgan fingerprint density at radius 2 is 1.78 bits per heavy atom. The molecule has 4 fully saturated rings. The maximum absolute atomic E-state index is 12.9. The van der Waals surface area contributed by atoms with Gasteiger partial charge in [-0.3, -0.25) is 9.59 Å². The first-order valence-corrected chi connectivity index (χ1v) is 10.4. The van der Waals surface area contributed by atoms with Gasteiger partial charge in [-0.1, -0.05) is 37.6 Å². The van der Waals surface area contributed by atoms with Gasteiger partial charge in [0.2, 0.25) is 0 Å². The SMILES string of the molecule is CCCCc1ccc(C(=O)COC(=O)C23C[C@@H]4C[C@@H](CC(O)(C4)C2)C3)cc1. The molecule has 0 aromatic heterocycles. The number of carbonyl (C=O) groups is 2. The summed E-state index contributed by atoms with van der Waals surface area (Å²) in [7, 11) is 0. The number of hydrogen-bond acceptors (Lipinski definition) is 4. The van der Waals surface area contributed by atoms with Crippen molar-refractivity contribution in [1.29, 1.82) is 0 Å². The second-order valence-electron chi connectivity index (χ2n) is 9.27. The molecule has 0 saturated heterocycles. The van der Waals surface area contributed by atoms with Crippen molar-refractivity contribution in [3.05, 3.63) is 35.4 Å². The van der Waals surface area contributed by atoms with E-state index in [0.29, 0.717) is 23.8 Å². The molecule has 4 aliphatic rings. The van der Waals surface area contributed by atoms with E-state index in [9.17, 15) is 14.7 Å². The average molecular weight is 370 g/mol. The molecule has 4 aliphatic carbocycles. The summed E-state index contributed by atoms with van der Waals surface area (Å²) in [6, 6.07) is 7.63. The highest BCUT2D eigenvalue weighted by Crippen LogP contribution is 2.61. The summed E-state index contributed by atoms with van der Waals surface area (Å²) in [5.41, 5.74) is 0.560. The Balaban J connectivity index is 1.36. The van der Waals surface area contributed by atoms with Crippen LogP contribution in [0.1, 0.15) is 74.2 Å². The summed E-state index contributed by atoms with van der Waals surface area (Å²) in [4.78, 5) is 25.3. The molecule has 2 unspecified atom stereocenters. The van der Waals surface area contributed by atoms with E-state index in [-0.39, 0.29) is 18.4 Å². The van der Waals surface area contributed by atoms with Gasteiger partial charge < -0.3 is 9.84 Å². The molecule has 4 saturated carbocycles. The van der Waals surface area contributed by atoms with E-state index in [0.717, 1.165) is 51.4 Å². The molecule has 0 heterocycles. The lowest BCUT2D eigenvalue weighted by Gasteiger charge is -2.58. The van der Waals surface area contributed by atoms with Gasteiger partial charge in [0.25, 0.3) is 0 Å². The van der Waals surface area contributed by atoms with Crippen molar-refractivity contribution in [2.75, 3.05) is 6.61 Å². The molecule has 4 heteroatoms. The van der Waals surface area contributed by atoms with E-state index in [2.05, 4.69) is 6.92 Å². The Bertz CT molecular complexity index is 706. The molecule has 0 aliphatic heterocycles. The predicted octanol–water partition coefficient (Wildman–Crippen LogP) is 4.09. The largest absolute Gasteiger partial charge is 0.457 e. The van der Waals surface area contributed by atoms with Gasteiger partial charge in [-0.15, -0.1) is 0 Å². The number of rotatable bonds is 7. The van der Waals surface area contributed by atoms with Crippen LogP contribution in [-0.4, -0.2) is 29.1 Å². The van der Waals surface area contributed by atoms with Gasteiger partial charge in [0.15, 0.2) is 12.4 Å². The molecule has 1 N–H and O–H groups in total. The van der Waals surface area contributed by atoms with Crippen LogP contribution >= 0.6 is 0 Å². The first-order valence-electron chi connectivity index (χ1n) is 10.4. The highest BCUT2D eigenvalue weighted by Gasteiger charge is 2.60. The van der Waals surface area contributed by atoms with Crippen molar-refractivity contribution in [3.8, 4) is 0 Å². The zero-order chi connectivity index (χ0) is 19.1. The van der Waals surface area contributed by atoms with Gasteiger partial charge in [0, 0.05) is 5.56 Å². The van der Waals surface area contributed by atoms with Crippen molar-refractivity contribution < 1.29 is 19.4 Å². The zero-order valence-corrected chi connectivity index (χ0v) is 16.2. The van der Waals surface area contributed by atoms with Crippen LogP contribution in [0, 0.1) is 17.3 Å². The molecule has 1 aromatic carbocycles. The second-order valence-corrected chi connectivity index (χ2v) is 9.27. The van der Waals surface area contributed by atoms with E-state index in [1.165, 1.54) is 5.56 Å². The van der Waals surface area contributed by atoms with Crippen LogP contribution in [0.4, 0.5) is 0 Å². The normalized spacial score (nSPS) is 33.9. The quantitative estimate of drug-likeness (QED) is 0.580. The van der Waals surface area contributed by atoms with Crippen LogP contribution in [0.3, 0.4) is 0 Å². The number of ether oxygens (including phenoxy) is 1. The van der Waals surface area contributed by atoms with Crippen molar-refractivity contribution in [2.45, 2.75) is 70.3 Å². The molecular formula is C23H30O4.